The Bertz CT molecular complexity index is 330. The van der Waals surface area contributed by atoms with E-state index < -0.39 is 0 Å². The maximum absolute atomic E-state index is 5.21. The molecule has 0 spiro atoms. The molecule has 0 aliphatic rings. The van der Waals surface area contributed by atoms with Gasteiger partial charge in [0.25, 0.3) is 0 Å². The van der Waals surface area contributed by atoms with Crippen LogP contribution in [0.1, 0.15) is 38.1 Å². The predicted molar refractivity (Wildman–Crippen MR) is 67.4 cm³/mol. The van der Waals surface area contributed by atoms with Crippen molar-refractivity contribution < 1.29 is 14.0 Å². The molecule has 1 rings (SSSR count). The molecule has 6 nitrogen and oxygen atoms in total. The van der Waals surface area contributed by atoms with E-state index in [0.717, 1.165) is 13.0 Å². The van der Waals surface area contributed by atoms with E-state index in [4.69, 9.17) is 14.0 Å². The van der Waals surface area contributed by atoms with Crippen molar-refractivity contribution >= 4 is 0 Å². The van der Waals surface area contributed by atoms with E-state index in [1.54, 1.807) is 14.2 Å². The molecule has 0 amide bonds. The van der Waals surface area contributed by atoms with Gasteiger partial charge in [0, 0.05) is 26.7 Å². The summed E-state index contributed by atoms with van der Waals surface area (Å²) in [5, 5.41) is 7.29. The fourth-order valence-corrected chi connectivity index (χ4v) is 1.57. The molecule has 0 bridgehead atoms. The van der Waals surface area contributed by atoms with Gasteiger partial charge in [-0.25, -0.2) is 0 Å². The number of aromatic nitrogens is 2. The Labute approximate surface area is 108 Å². The van der Waals surface area contributed by atoms with Gasteiger partial charge in [-0.3, -0.25) is 0 Å². The van der Waals surface area contributed by atoms with Gasteiger partial charge in [0.1, 0.15) is 6.10 Å². The van der Waals surface area contributed by atoms with E-state index in [-0.39, 0.29) is 12.1 Å². The molecule has 6 heteroatoms. The Kier molecular flexibility index (Phi) is 6.85. The van der Waals surface area contributed by atoms with E-state index in [0.29, 0.717) is 24.7 Å². The summed E-state index contributed by atoms with van der Waals surface area (Å²) in [7, 11) is 3.31. The molecule has 0 aromatic carbocycles. The quantitative estimate of drug-likeness (QED) is 0.720. The Morgan fingerprint density at radius 1 is 1.39 bits per heavy atom. The Morgan fingerprint density at radius 2 is 2.17 bits per heavy atom. The van der Waals surface area contributed by atoms with Crippen LogP contribution in [0, 0.1) is 0 Å². The number of hydrogen-bond acceptors (Lipinski definition) is 6. The lowest BCUT2D eigenvalue weighted by Crippen LogP contribution is -2.35. The molecular formula is C12H23N3O3. The smallest absolute Gasteiger partial charge is 0.228 e. The molecule has 18 heavy (non-hydrogen) atoms. The molecule has 0 aliphatic heterocycles. The van der Waals surface area contributed by atoms with Crippen LogP contribution in [-0.4, -0.2) is 43.6 Å². The summed E-state index contributed by atoms with van der Waals surface area (Å²) in [4.78, 5) is 4.31. The molecular weight excluding hydrogens is 234 g/mol. The van der Waals surface area contributed by atoms with Crippen molar-refractivity contribution in [2.75, 3.05) is 27.4 Å². The number of nitrogens with one attached hydrogen (secondary N) is 1. The highest BCUT2D eigenvalue weighted by Crippen LogP contribution is 2.12. The molecule has 1 N–H and O–H groups in total. The molecule has 1 heterocycles. The van der Waals surface area contributed by atoms with Gasteiger partial charge in [-0.2, -0.15) is 4.98 Å². The van der Waals surface area contributed by atoms with Gasteiger partial charge >= 0.3 is 0 Å². The molecule has 0 saturated heterocycles. The van der Waals surface area contributed by atoms with Crippen molar-refractivity contribution in [3.05, 3.63) is 11.7 Å². The van der Waals surface area contributed by atoms with Crippen molar-refractivity contribution in [3.8, 4) is 0 Å². The maximum atomic E-state index is 5.21. The van der Waals surface area contributed by atoms with Gasteiger partial charge < -0.3 is 19.3 Å². The molecule has 0 radical (unpaired) electrons. The van der Waals surface area contributed by atoms with Crippen LogP contribution in [0.25, 0.3) is 0 Å². The summed E-state index contributed by atoms with van der Waals surface area (Å²) >= 11 is 0. The number of nitrogens with zero attached hydrogens (tertiary/aromatic N) is 2. The molecule has 1 aromatic rings. The highest BCUT2D eigenvalue weighted by Gasteiger charge is 2.16. The lowest BCUT2D eigenvalue weighted by molar-refractivity contribution is 0.109. The van der Waals surface area contributed by atoms with Crippen LogP contribution in [0.15, 0.2) is 4.52 Å². The first-order valence-electron chi connectivity index (χ1n) is 6.28. The number of rotatable bonds is 9. The minimum atomic E-state index is -0.146. The first kappa shape index (κ1) is 15.1. The van der Waals surface area contributed by atoms with Crippen molar-refractivity contribution in [2.45, 2.75) is 38.8 Å². The Hall–Kier alpha value is -0.980. The standard InChI is InChI=1S/C12H23N3O3/c1-5-6-13-10(8-16-3)7-11-14-12(15-18-11)9(2)17-4/h9-10,13H,5-8H2,1-4H3. The second kappa shape index (κ2) is 8.18. The monoisotopic (exact) mass is 257 g/mol. The molecule has 2 unspecified atom stereocenters. The Balaban J connectivity index is 2.54. The van der Waals surface area contributed by atoms with Crippen LogP contribution in [0.2, 0.25) is 0 Å². The van der Waals surface area contributed by atoms with Crippen LogP contribution in [0.5, 0.6) is 0 Å². The van der Waals surface area contributed by atoms with Crippen LogP contribution in [-0.2, 0) is 15.9 Å². The fourth-order valence-electron chi connectivity index (χ4n) is 1.57. The van der Waals surface area contributed by atoms with Crippen LogP contribution in [0.4, 0.5) is 0 Å². The van der Waals surface area contributed by atoms with E-state index in [1.165, 1.54) is 0 Å². The van der Waals surface area contributed by atoms with Gasteiger partial charge in [0.2, 0.25) is 5.89 Å². The molecule has 1 aromatic heterocycles. The van der Waals surface area contributed by atoms with Crippen LogP contribution < -0.4 is 5.32 Å². The largest absolute Gasteiger partial charge is 0.383 e. The molecule has 2 atom stereocenters. The zero-order valence-corrected chi connectivity index (χ0v) is 11.6. The predicted octanol–water partition coefficient (Wildman–Crippen LogP) is 1.33. The molecule has 0 fully saturated rings. The normalized spacial score (nSPS) is 14.7. The molecule has 104 valence electrons. The summed E-state index contributed by atoms with van der Waals surface area (Å²) in [5.74, 6) is 1.19. The highest BCUT2D eigenvalue weighted by molar-refractivity contribution is 4.92. The van der Waals surface area contributed by atoms with Gasteiger partial charge in [-0.15, -0.1) is 0 Å². The third-order valence-electron chi connectivity index (χ3n) is 2.67. The highest BCUT2D eigenvalue weighted by atomic mass is 16.5. The van der Waals surface area contributed by atoms with Crippen LogP contribution in [0.3, 0.4) is 0 Å². The van der Waals surface area contributed by atoms with Gasteiger partial charge in [-0.1, -0.05) is 12.1 Å². The summed E-state index contributed by atoms with van der Waals surface area (Å²) in [6.07, 6.45) is 1.60. The first-order valence-corrected chi connectivity index (χ1v) is 6.28. The fraction of sp³-hybridized carbons (Fsp3) is 0.833. The molecule has 0 aliphatic carbocycles. The summed E-state index contributed by atoms with van der Waals surface area (Å²) in [6, 6.07) is 0.195. The second-order valence-electron chi connectivity index (χ2n) is 4.23. The SMILES string of the molecule is CCCNC(COC)Cc1nc(C(C)OC)no1. The number of hydrogen-bond donors (Lipinski definition) is 1. The average Bonchev–Trinajstić information content (AvgIpc) is 2.83. The van der Waals surface area contributed by atoms with Crippen molar-refractivity contribution in [2.24, 2.45) is 0 Å². The van der Waals surface area contributed by atoms with E-state index >= 15 is 0 Å². The third-order valence-corrected chi connectivity index (χ3v) is 2.67. The summed E-state index contributed by atoms with van der Waals surface area (Å²) < 4.78 is 15.5. The minimum Gasteiger partial charge on any atom is -0.383 e. The van der Waals surface area contributed by atoms with E-state index in [1.807, 2.05) is 6.92 Å². The first-order chi connectivity index (χ1) is 8.71. The number of ether oxygens (including phenoxy) is 2. The van der Waals surface area contributed by atoms with E-state index in [2.05, 4.69) is 22.4 Å². The zero-order chi connectivity index (χ0) is 13.4. The van der Waals surface area contributed by atoms with Gasteiger partial charge in [0.15, 0.2) is 5.82 Å². The lowest BCUT2D eigenvalue weighted by Gasteiger charge is -2.15. The number of methoxy groups -OCH3 is 2. The minimum absolute atomic E-state index is 0.146. The second-order valence-corrected chi connectivity index (χ2v) is 4.23. The van der Waals surface area contributed by atoms with Gasteiger partial charge in [0.05, 0.1) is 6.61 Å². The molecule has 0 saturated carbocycles. The zero-order valence-electron chi connectivity index (χ0n) is 11.6. The van der Waals surface area contributed by atoms with Crippen molar-refractivity contribution in [3.63, 3.8) is 0 Å². The average molecular weight is 257 g/mol. The van der Waals surface area contributed by atoms with Gasteiger partial charge in [-0.05, 0) is 19.9 Å². The lowest BCUT2D eigenvalue weighted by atomic mass is 10.2. The Morgan fingerprint density at radius 3 is 2.78 bits per heavy atom. The topological polar surface area (TPSA) is 69.4 Å². The third kappa shape index (κ3) is 4.72. The van der Waals surface area contributed by atoms with Crippen LogP contribution >= 0.6 is 0 Å². The summed E-state index contributed by atoms with van der Waals surface area (Å²) in [6.45, 7) is 5.58. The maximum Gasteiger partial charge on any atom is 0.228 e. The van der Waals surface area contributed by atoms with E-state index in [9.17, 15) is 0 Å². The van der Waals surface area contributed by atoms with Crippen molar-refractivity contribution in [1.29, 1.82) is 0 Å². The van der Waals surface area contributed by atoms with Crippen molar-refractivity contribution in [1.82, 2.24) is 15.5 Å². The summed E-state index contributed by atoms with van der Waals surface area (Å²) in [5.41, 5.74) is 0.